The molecule has 2 aromatic rings. The number of rotatable bonds is 10. The van der Waals surface area contributed by atoms with E-state index in [1.165, 1.54) is 0 Å². The SMILES string of the molecule is CCCOc1c(I)cc(/C=C2\SC(=O)N(CC(=O)Nc3ccc(C(C)C)cc3)C2=O)cc1OCC. The van der Waals surface area contributed by atoms with Gasteiger partial charge in [-0.3, -0.25) is 19.3 Å². The molecule has 0 saturated carbocycles. The van der Waals surface area contributed by atoms with Gasteiger partial charge in [0.2, 0.25) is 5.91 Å². The van der Waals surface area contributed by atoms with Crippen LogP contribution in [0.3, 0.4) is 0 Å². The molecule has 0 spiro atoms. The topological polar surface area (TPSA) is 84.9 Å². The summed E-state index contributed by atoms with van der Waals surface area (Å²) in [4.78, 5) is 39.1. The van der Waals surface area contributed by atoms with Crippen LogP contribution in [0.15, 0.2) is 41.3 Å². The fourth-order valence-electron chi connectivity index (χ4n) is 3.36. The third-order valence-electron chi connectivity index (χ3n) is 5.12. The molecule has 9 heteroatoms. The summed E-state index contributed by atoms with van der Waals surface area (Å²) in [6.07, 6.45) is 2.51. The van der Waals surface area contributed by atoms with Gasteiger partial charge in [0.05, 0.1) is 21.7 Å². The minimum Gasteiger partial charge on any atom is -0.490 e. The quantitative estimate of drug-likeness (QED) is 0.253. The first-order chi connectivity index (χ1) is 16.7. The smallest absolute Gasteiger partial charge is 0.294 e. The van der Waals surface area contributed by atoms with E-state index in [-0.39, 0.29) is 11.4 Å². The fraction of sp³-hybridized carbons (Fsp3) is 0.346. The van der Waals surface area contributed by atoms with Crippen molar-refractivity contribution in [3.63, 3.8) is 0 Å². The summed E-state index contributed by atoms with van der Waals surface area (Å²) in [5, 5.41) is 2.27. The number of nitrogens with zero attached hydrogens (tertiary/aromatic N) is 1. The van der Waals surface area contributed by atoms with Crippen molar-refractivity contribution in [1.82, 2.24) is 4.90 Å². The van der Waals surface area contributed by atoms with Crippen molar-refractivity contribution in [2.75, 3.05) is 25.1 Å². The highest BCUT2D eigenvalue weighted by molar-refractivity contribution is 14.1. The Kier molecular flexibility index (Phi) is 9.62. The normalized spacial score (nSPS) is 14.7. The molecule has 1 aliphatic rings. The zero-order chi connectivity index (χ0) is 25.5. The van der Waals surface area contributed by atoms with Crippen LogP contribution in [0.25, 0.3) is 6.08 Å². The van der Waals surface area contributed by atoms with Crippen molar-refractivity contribution >= 4 is 63.2 Å². The maximum atomic E-state index is 12.9. The average Bonchev–Trinajstić information content (AvgIpc) is 3.06. The number of carbonyl (C=O) groups is 3. The zero-order valence-corrected chi connectivity index (χ0v) is 23.2. The minimum atomic E-state index is -0.496. The number of amides is 3. The maximum absolute atomic E-state index is 12.9. The Morgan fingerprint density at radius 3 is 2.49 bits per heavy atom. The highest BCUT2D eigenvalue weighted by Crippen LogP contribution is 2.37. The van der Waals surface area contributed by atoms with Crippen molar-refractivity contribution in [3.8, 4) is 11.5 Å². The number of imide groups is 1. The first-order valence-corrected chi connectivity index (χ1v) is 13.4. The van der Waals surface area contributed by atoms with Crippen LogP contribution < -0.4 is 14.8 Å². The predicted octanol–water partition coefficient (Wildman–Crippen LogP) is 6.28. The van der Waals surface area contributed by atoms with E-state index in [2.05, 4.69) is 41.8 Å². The van der Waals surface area contributed by atoms with Gasteiger partial charge >= 0.3 is 0 Å². The molecule has 1 aliphatic heterocycles. The Labute approximate surface area is 223 Å². The lowest BCUT2D eigenvalue weighted by atomic mass is 10.0. The molecule has 1 fully saturated rings. The van der Waals surface area contributed by atoms with E-state index in [0.29, 0.717) is 41.9 Å². The molecule has 3 rings (SSSR count). The van der Waals surface area contributed by atoms with Crippen LogP contribution in [-0.4, -0.2) is 41.7 Å². The second-order valence-corrected chi connectivity index (χ2v) is 10.4. The van der Waals surface area contributed by atoms with Gasteiger partial charge in [-0.1, -0.05) is 32.9 Å². The summed E-state index contributed by atoms with van der Waals surface area (Å²) in [7, 11) is 0. The molecule has 0 bridgehead atoms. The lowest BCUT2D eigenvalue weighted by molar-refractivity contribution is -0.127. The van der Waals surface area contributed by atoms with Crippen molar-refractivity contribution < 1.29 is 23.9 Å². The van der Waals surface area contributed by atoms with E-state index in [9.17, 15) is 14.4 Å². The van der Waals surface area contributed by atoms with Crippen LogP contribution in [0.5, 0.6) is 11.5 Å². The number of nitrogens with one attached hydrogen (secondary N) is 1. The van der Waals surface area contributed by atoms with Gasteiger partial charge in [0.15, 0.2) is 11.5 Å². The number of thioether (sulfide) groups is 1. The second kappa shape index (κ2) is 12.4. The lowest BCUT2D eigenvalue weighted by Crippen LogP contribution is -2.36. The van der Waals surface area contributed by atoms with E-state index in [1.54, 1.807) is 12.1 Å². The monoisotopic (exact) mass is 608 g/mol. The highest BCUT2D eigenvalue weighted by Gasteiger charge is 2.36. The fourth-order valence-corrected chi connectivity index (χ4v) is 4.98. The molecule has 1 heterocycles. The second-order valence-electron chi connectivity index (χ2n) is 8.20. The van der Waals surface area contributed by atoms with Gasteiger partial charge in [-0.15, -0.1) is 0 Å². The van der Waals surface area contributed by atoms with Crippen molar-refractivity contribution in [2.24, 2.45) is 0 Å². The van der Waals surface area contributed by atoms with Gasteiger partial charge < -0.3 is 14.8 Å². The average molecular weight is 608 g/mol. The molecule has 1 N–H and O–H groups in total. The van der Waals surface area contributed by atoms with Gasteiger partial charge in [-0.05, 0) is 95.1 Å². The molecular weight excluding hydrogens is 579 g/mol. The summed E-state index contributed by atoms with van der Waals surface area (Å²) in [5.74, 6) is 0.703. The van der Waals surface area contributed by atoms with Crippen molar-refractivity contribution in [3.05, 3.63) is 56.0 Å². The number of halogens is 1. The van der Waals surface area contributed by atoms with Gasteiger partial charge in [0.1, 0.15) is 6.54 Å². The van der Waals surface area contributed by atoms with E-state index in [1.807, 2.05) is 44.2 Å². The number of anilines is 1. The molecule has 7 nitrogen and oxygen atoms in total. The minimum absolute atomic E-state index is 0.254. The van der Waals surface area contributed by atoms with Crippen LogP contribution in [-0.2, 0) is 9.59 Å². The number of hydrogen-bond donors (Lipinski definition) is 1. The standard InChI is InChI=1S/C26H29IN2O5S/c1-5-11-34-24-20(27)12-17(13-21(24)33-6-2)14-22-25(31)29(26(32)35-22)15-23(30)28-19-9-7-18(8-10-19)16(3)4/h7-10,12-14,16H,5-6,11,15H2,1-4H3,(H,28,30)/b22-14-. The molecule has 35 heavy (non-hydrogen) atoms. The first-order valence-electron chi connectivity index (χ1n) is 11.5. The van der Waals surface area contributed by atoms with E-state index < -0.39 is 17.1 Å². The Balaban J connectivity index is 1.73. The zero-order valence-electron chi connectivity index (χ0n) is 20.2. The largest absolute Gasteiger partial charge is 0.490 e. The van der Waals surface area contributed by atoms with Gasteiger partial charge in [-0.25, -0.2) is 0 Å². The molecular formula is C26H29IN2O5S. The van der Waals surface area contributed by atoms with Gasteiger partial charge in [-0.2, -0.15) is 0 Å². The molecule has 0 aliphatic carbocycles. The summed E-state index contributed by atoms with van der Waals surface area (Å²) in [6.45, 7) is 8.78. The predicted molar refractivity (Wildman–Crippen MR) is 148 cm³/mol. The van der Waals surface area contributed by atoms with Gasteiger partial charge in [0.25, 0.3) is 11.1 Å². The number of hydrogen-bond acceptors (Lipinski definition) is 6. The van der Waals surface area contributed by atoms with Crippen LogP contribution in [0.1, 0.15) is 51.2 Å². The Morgan fingerprint density at radius 2 is 1.86 bits per heavy atom. The van der Waals surface area contributed by atoms with Gasteiger partial charge in [0, 0.05) is 5.69 Å². The van der Waals surface area contributed by atoms with Crippen LogP contribution in [0.2, 0.25) is 0 Å². The molecule has 3 amide bonds. The Bertz CT molecular complexity index is 1130. The third-order valence-corrected chi connectivity index (χ3v) is 6.83. The Hall–Kier alpha value is -2.53. The van der Waals surface area contributed by atoms with Crippen LogP contribution in [0.4, 0.5) is 10.5 Å². The molecule has 2 aromatic carbocycles. The molecule has 0 aromatic heterocycles. The van der Waals surface area contributed by atoms with Crippen molar-refractivity contribution in [2.45, 2.75) is 40.0 Å². The van der Waals surface area contributed by atoms with E-state index >= 15 is 0 Å². The number of ether oxygens (including phenoxy) is 2. The summed E-state index contributed by atoms with van der Waals surface area (Å²) >= 11 is 2.98. The number of carbonyl (C=O) groups excluding carboxylic acids is 3. The maximum Gasteiger partial charge on any atom is 0.294 e. The molecule has 0 radical (unpaired) electrons. The molecule has 0 unspecified atom stereocenters. The summed E-state index contributed by atoms with van der Waals surface area (Å²) in [5.41, 5.74) is 2.48. The lowest BCUT2D eigenvalue weighted by Gasteiger charge is -2.14. The van der Waals surface area contributed by atoms with Crippen LogP contribution >= 0.6 is 34.4 Å². The van der Waals surface area contributed by atoms with Crippen molar-refractivity contribution in [1.29, 1.82) is 0 Å². The molecule has 0 atom stereocenters. The van der Waals surface area contributed by atoms with E-state index in [4.69, 9.17) is 9.47 Å². The van der Waals surface area contributed by atoms with Crippen LogP contribution in [0, 0.1) is 3.57 Å². The third kappa shape index (κ3) is 7.00. The molecule has 1 saturated heterocycles. The molecule has 186 valence electrons. The highest BCUT2D eigenvalue weighted by atomic mass is 127. The summed E-state index contributed by atoms with van der Waals surface area (Å²) in [6, 6.07) is 11.2. The Morgan fingerprint density at radius 1 is 1.14 bits per heavy atom. The number of benzene rings is 2. The first kappa shape index (κ1) is 27.1. The van der Waals surface area contributed by atoms with E-state index in [0.717, 1.165) is 32.2 Å². The summed E-state index contributed by atoms with van der Waals surface area (Å²) < 4.78 is 12.4.